The maximum Gasteiger partial charge on any atom is 0.311 e. The normalized spacial score (nSPS) is 12.5. The molecule has 0 aromatic heterocycles. The number of phenolic OH excluding ortho intramolecular Hbond substituents is 1. The number of nitrogens with one attached hydrogen (secondary N) is 2. The number of carbonyl (C=O) groups excluding carboxylic acids is 1. The van der Waals surface area contributed by atoms with Crippen LogP contribution in [0.25, 0.3) is 0 Å². The second-order valence-electron chi connectivity index (χ2n) is 10.9. The van der Waals surface area contributed by atoms with Gasteiger partial charge in [0, 0.05) is 19.0 Å². The smallest absolute Gasteiger partial charge is 0.311 e. The third kappa shape index (κ3) is 9.40. The first-order chi connectivity index (χ1) is 16.3. The van der Waals surface area contributed by atoms with Crippen molar-refractivity contribution < 1.29 is 19.4 Å². The van der Waals surface area contributed by atoms with Crippen molar-refractivity contribution >= 4 is 23.3 Å². The van der Waals surface area contributed by atoms with Gasteiger partial charge in [-0.2, -0.15) is 0 Å². The molecule has 0 saturated heterocycles. The summed E-state index contributed by atoms with van der Waals surface area (Å²) in [4.78, 5) is 12.3. The van der Waals surface area contributed by atoms with Gasteiger partial charge in [-0.25, -0.2) is 0 Å². The molecule has 6 nitrogen and oxygen atoms in total. The van der Waals surface area contributed by atoms with Crippen LogP contribution in [0.4, 0.5) is 0 Å². The summed E-state index contributed by atoms with van der Waals surface area (Å²) in [5.74, 6) is 0.351. The van der Waals surface area contributed by atoms with Crippen molar-refractivity contribution in [1.82, 2.24) is 10.6 Å². The lowest BCUT2D eigenvalue weighted by Crippen LogP contribution is -2.39. The van der Waals surface area contributed by atoms with E-state index >= 15 is 0 Å². The molecular weight excluding hydrogens is 460 g/mol. The molecule has 2 aromatic rings. The van der Waals surface area contributed by atoms with Crippen molar-refractivity contribution in [2.45, 2.75) is 59.9 Å². The molecule has 0 heterocycles. The SMILES string of the molecule is COc1cc(CNC(=S)NC[C@H](COC(=O)C(C)(C)C)Cc2ccc(C(C)(C)C)cc2)ccc1O. The summed E-state index contributed by atoms with van der Waals surface area (Å²) in [5, 5.41) is 16.7. The zero-order chi connectivity index (χ0) is 26.2. The van der Waals surface area contributed by atoms with Gasteiger partial charge in [-0.05, 0) is 73.6 Å². The fourth-order valence-corrected chi connectivity index (χ4v) is 3.54. The second kappa shape index (κ2) is 12.2. The fourth-order valence-electron chi connectivity index (χ4n) is 3.39. The Morgan fingerprint density at radius 1 is 1.00 bits per heavy atom. The van der Waals surface area contributed by atoms with Gasteiger partial charge in [0.1, 0.15) is 0 Å². The van der Waals surface area contributed by atoms with Gasteiger partial charge < -0.3 is 25.2 Å². The molecule has 192 valence electrons. The van der Waals surface area contributed by atoms with Crippen LogP contribution >= 0.6 is 12.2 Å². The van der Waals surface area contributed by atoms with Crippen LogP contribution in [0.3, 0.4) is 0 Å². The van der Waals surface area contributed by atoms with Gasteiger partial charge in [0.25, 0.3) is 0 Å². The Morgan fingerprint density at radius 2 is 1.63 bits per heavy atom. The number of hydrogen-bond donors (Lipinski definition) is 3. The van der Waals surface area contributed by atoms with Gasteiger partial charge in [0.2, 0.25) is 0 Å². The summed E-state index contributed by atoms with van der Waals surface area (Å²) in [6, 6.07) is 13.8. The standard InChI is InChI=1S/C28H40N2O4S/c1-27(2,3)22-11-8-19(9-12-22)14-21(18-34-25(32)28(4,5)6)17-30-26(35)29-16-20-10-13-23(31)24(15-20)33-7/h8-13,15,21,31H,14,16-18H2,1-7H3,(H2,29,30,35)/t21-/m1/s1. The van der Waals surface area contributed by atoms with Crippen LogP contribution in [0.5, 0.6) is 11.5 Å². The van der Waals surface area contributed by atoms with Crippen molar-refractivity contribution in [3.8, 4) is 11.5 Å². The van der Waals surface area contributed by atoms with Crippen molar-refractivity contribution in [1.29, 1.82) is 0 Å². The van der Waals surface area contributed by atoms with Crippen molar-refractivity contribution in [3.05, 3.63) is 59.2 Å². The predicted octanol–water partition coefficient (Wildman–Crippen LogP) is 5.11. The number of methoxy groups -OCH3 is 1. The van der Waals surface area contributed by atoms with Crippen molar-refractivity contribution in [2.24, 2.45) is 11.3 Å². The summed E-state index contributed by atoms with van der Waals surface area (Å²) in [6.07, 6.45) is 0.757. The quantitative estimate of drug-likeness (QED) is 0.326. The molecule has 0 radical (unpaired) electrons. The van der Waals surface area contributed by atoms with Crippen LogP contribution in [-0.4, -0.2) is 36.4 Å². The minimum Gasteiger partial charge on any atom is -0.504 e. The molecule has 0 aliphatic heterocycles. The van der Waals surface area contributed by atoms with Crippen LogP contribution in [-0.2, 0) is 27.9 Å². The van der Waals surface area contributed by atoms with Crippen LogP contribution in [0, 0.1) is 11.3 Å². The molecule has 0 amide bonds. The number of carbonyl (C=O) groups is 1. The lowest BCUT2D eigenvalue weighted by atomic mass is 9.86. The van der Waals surface area contributed by atoms with E-state index in [1.54, 1.807) is 12.1 Å². The number of hydrogen-bond acceptors (Lipinski definition) is 5. The molecule has 0 spiro atoms. The first-order valence-electron chi connectivity index (χ1n) is 11.9. The summed E-state index contributed by atoms with van der Waals surface area (Å²) in [7, 11) is 1.52. The molecule has 35 heavy (non-hydrogen) atoms. The average molecular weight is 501 g/mol. The van der Waals surface area contributed by atoms with E-state index in [-0.39, 0.29) is 23.1 Å². The Hall–Kier alpha value is -2.80. The summed E-state index contributed by atoms with van der Waals surface area (Å²) in [5.41, 5.74) is 2.95. The Balaban J connectivity index is 1.99. The molecule has 3 N–H and O–H groups in total. The van der Waals surface area contributed by atoms with Crippen molar-refractivity contribution in [2.75, 3.05) is 20.3 Å². The van der Waals surface area contributed by atoms with Crippen LogP contribution in [0.2, 0.25) is 0 Å². The van der Waals surface area contributed by atoms with E-state index in [9.17, 15) is 9.90 Å². The molecule has 0 unspecified atom stereocenters. The maximum absolute atomic E-state index is 12.3. The maximum atomic E-state index is 12.3. The fraction of sp³-hybridized carbons (Fsp3) is 0.500. The Labute approximate surface area is 215 Å². The Kier molecular flexibility index (Phi) is 9.95. The average Bonchev–Trinajstić information content (AvgIpc) is 2.79. The van der Waals surface area contributed by atoms with Crippen LogP contribution < -0.4 is 15.4 Å². The minimum atomic E-state index is -0.547. The first kappa shape index (κ1) is 28.4. The Bertz CT molecular complexity index is 991. The number of ether oxygens (including phenoxy) is 2. The van der Waals surface area contributed by atoms with E-state index in [1.807, 2.05) is 26.8 Å². The molecule has 0 fully saturated rings. The zero-order valence-corrected chi connectivity index (χ0v) is 22.8. The largest absolute Gasteiger partial charge is 0.504 e. The number of benzene rings is 2. The van der Waals surface area contributed by atoms with E-state index in [0.29, 0.717) is 30.6 Å². The topological polar surface area (TPSA) is 79.8 Å². The Morgan fingerprint density at radius 3 is 2.20 bits per heavy atom. The van der Waals surface area contributed by atoms with Crippen LogP contribution in [0.15, 0.2) is 42.5 Å². The van der Waals surface area contributed by atoms with Crippen molar-refractivity contribution in [3.63, 3.8) is 0 Å². The van der Waals surface area contributed by atoms with E-state index in [1.165, 1.54) is 18.2 Å². The van der Waals surface area contributed by atoms with Gasteiger partial charge in [-0.3, -0.25) is 4.79 Å². The number of rotatable bonds is 9. The number of aromatic hydroxyl groups is 1. The van der Waals surface area contributed by atoms with Gasteiger partial charge in [0.15, 0.2) is 16.6 Å². The molecule has 0 saturated carbocycles. The lowest BCUT2D eigenvalue weighted by Gasteiger charge is -2.23. The molecule has 1 atom stereocenters. The molecule has 0 aliphatic rings. The minimum absolute atomic E-state index is 0.0512. The highest BCUT2D eigenvalue weighted by Crippen LogP contribution is 2.26. The van der Waals surface area contributed by atoms with E-state index < -0.39 is 5.41 Å². The van der Waals surface area contributed by atoms with Gasteiger partial charge in [-0.15, -0.1) is 0 Å². The second-order valence-corrected chi connectivity index (χ2v) is 11.3. The van der Waals surface area contributed by atoms with E-state index in [4.69, 9.17) is 21.7 Å². The highest BCUT2D eigenvalue weighted by Gasteiger charge is 2.24. The molecule has 0 aliphatic carbocycles. The lowest BCUT2D eigenvalue weighted by molar-refractivity contribution is -0.154. The molecule has 2 rings (SSSR count). The highest BCUT2D eigenvalue weighted by molar-refractivity contribution is 7.80. The first-order valence-corrected chi connectivity index (χ1v) is 12.3. The van der Waals surface area contributed by atoms with Gasteiger partial charge in [-0.1, -0.05) is 51.1 Å². The number of phenols is 1. The molecule has 0 bridgehead atoms. The molecule has 7 heteroatoms. The third-order valence-corrected chi connectivity index (χ3v) is 5.94. The van der Waals surface area contributed by atoms with E-state index in [0.717, 1.165) is 12.0 Å². The monoisotopic (exact) mass is 500 g/mol. The predicted molar refractivity (Wildman–Crippen MR) is 145 cm³/mol. The third-order valence-electron chi connectivity index (χ3n) is 5.66. The van der Waals surface area contributed by atoms with Gasteiger partial charge in [0.05, 0.1) is 19.1 Å². The summed E-state index contributed by atoms with van der Waals surface area (Å²) < 4.78 is 10.8. The number of thiocarbonyl (C=S) groups is 1. The molecular formula is C28H40N2O4S. The van der Waals surface area contributed by atoms with Crippen LogP contribution in [0.1, 0.15) is 58.2 Å². The van der Waals surface area contributed by atoms with E-state index in [2.05, 4.69) is 55.7 Å². The summed E-state index contributed by atoms with van der Waals surface area (Å²) >= 11 is 5.47. The number of esters is 1. The van der Waals surface area contributed by atoms with Gasteiger partial charge >= 0.3 is 5.97 Å². The summed E-state index contributed by atoms with van der Waals surface area (Å²) in [6.45, 7) is 13.5. The zero-order valence-electron chi connectivity index (χ0n) is 22.0. The highest BCUT2D eigenvalue weighted by atomic mass is 32.1. The molecule has 2 aromatic carbocycles.